The fraction of sp³-hybridized carbons (Fsp3) is 0.588. The average molecular weight is 274 g/mol. The van der Waals surface area contributed by atoms with Gasteiger partial charge in [0.1, 0.15) is 0 Å². The van der Waals surface area contributed by atoms with Crippen LogP contribution in [0, 0.1) is 0 Å². The van der Waals surface area contributed by atoms with Crippen molar-refractivity contribution in [3.63, 3.8) is 0 Å². The summed E-state index contributed by atoms with van der Waals surface area (Å²) >= 11 is 0. The van der Waals surface area contributed by atoms with Gasteiger partial charge >= 0.3 is 0 Å². The Hall–Kier alpha value is -1.35. The van der Waals surface area contributed by atoms with Crippen LogP contribution in [0.5, 0.6) is 0 Å². The summed E-state index contributed by atoms with van der Waals surface area (Å²) in [5, 5.41) is 6.54. The van der Waals surface area contributed by atoms with E-state index >= 15 is 0 Å². The van der Waals surface area contributed by atoms with Crippen LogP contribution >= 0.6 is 0 Å². The first-order valence-corrected chi connectivity index (χ1v) is 7.75. The number of hydrogen-bond acceptors (Lipinski definition) is 2. The van der Waals surface area contributed by atoms with E-state index in [1.807, 2.05) is 13.0 Å². The Kier molecular flexibility index (Phi) is 5.60. The summed E-state index contributed by atoms with van der Waals surface area (Å²) < 4.78 is 0. The highest BCUT2D eigenvalue weighted by molar-refractivity contribution is 5.81. The second-order valence-electron chi connectivity index (χ2n) is 5.97. The van der Waals surface area contributed by atoms with Crippen molar-refractivity contribution in [1.82, 2.24) is 10.6 Å². The summed E-state index contributed by atoms with van der Waals surface area (Å²) in [7, 11) is 0. The molecule has 2 atom stereocenters. The van der Waals surface area contributed by atoms with Crippen LogP contribution in [0.1, 0.15) is 45.1 Å². The fourth-order valence-electron chi connectivity index (χ4n) is 2.93. The molecule has 0 heterocycles. The van der Waals surface area contributed by atoms with E-state index in [2.05, 4.69) is 41.8 Å². The van der Waals surface area contributed by atoms with Gasteiger partial charge in [0.05, 0.1) is 6.04 Å². The molecule has 2 rings (SSSR count). The maximum Gasteiger partial charge on any atom is 0.237 e. The van der Waals surface area contributed by atoms with Crippen LogP contribution in [0.4, 0.5) is 0 Å². The molecule has 0 radical (unpaired) electrons. The van der Waals surface area contributed by atoms with Crippen LogP contribution in [0.2, 0.25) is 0 Å². The normalized spacial score (nSPS) is 18.7. The number of amides is 1. The summed E-state index contributed by atoms with van der Waals surface area (Å²) in [4.78, 5) is 12.1. The van der Waals surface area contributed by atoms with Gasteiger partial charge in [-0.2, -0.15) is 0 Å². The van der Waals surface area contributed by atoms with Gasteiger partial charge in [-0.1, -0.05) is 43.2 Å². The molecule has 2 N–H and O–H groups in total. The lowest BCUT2D eigenvalue weighted by Crippen LogP contribution is -2.48. The molecule has 0 aromatic heterocycles. The largest absolute Gasteiger partial charge is 0.352 e. The predicted octanol–water partition coefficient (Wildman–Crippen LogP) is 2.65. The summed E-state index contributed by atoms with van der Waals surface area (Å²) in [6.07, 6.45) is 5.71. The van der Waals surface area contributed by atoms with Crippen molar-refractivity contribution < 1.29 is 4.79 Å². The van der Waals surface area contributed by atoms with Gasteiger partial charge in [0.15, 0.2) is 0 Å². The van der Waals surface area contributed by atoms with Crippen molar-refractivity contribution in [2.75, 3.05) is 0 Å². The molecule has 0 aliphatic heterocycles. The van der Waals surface area contributed by atoms with E-state index in [-0.39, 0.29) is 11.9 Å². The first kappa shape index (κ1) is 15.0. The quantitative estimate of drug-likeness (QED) is 0.837. The molecule has 1 fully saturated rings. The Labute approximate surface area is 122 Å². The molecule has 3 heteroatoms. The van der Waals surface area contributed by atoms with Crippen molar-refractivity contribution in [2.45, 2.75) is 64.1 Å². The Bertz CT molecular complexity index is 412. The monoisotopic (exact) mass is 274 g/mol. The van der Waals surface area contributed by atoms with Crippen LogP contribution in [0.25, 0.3) is 0 Å². The maximum absolute atomic E-state index is 12.1. The third-order valence-corrected chi connectivity index (χ3v) is 4.01. The number of hydrogen-bond donors (Lipinski definition) is 2. The lowest BCUT2D eigenvalue weighted by molar-refractivity contribution is -0.123. The predicted molar refractivity (Wildman–Crippen MR) is 82.6 cm³/mol. The second kappa shape index (κ2) is 7.44. The van der Waals surface area contributed by atoms with E-state index in [0.29, 0.717) is 12.1 Å². The minimum absolute atomic E-state index is 0.130. The molecule has 1 aromatic rings. The van der Waals surface area contributed by atoms with Crippen molar-refractivity contribution in [1.29, 1.82) is 0 Å². The molecule has 110 valence electrons. The zero-order valence-corrected chi connectivity index (χ0v) is 12.6. The van der Waals surface area contributed by atoms with E-state index in [1.165, 1.54) is 18.4 Å². The Morgan fingerprint density at radius 1 is 1.20 bits per heavy atom. The van der Waals surface area contributed by atoms with Gasteiger partial charge in [-0.25, -0.2) is 0 Å². The molecule has 20 heavy (non-hydrogen) atoms. The number of carbonyl (C=O) groups is 1. The first-order chi connectivity index (χ1) is 9.65. The molecule has 3 nitrogen and oxygen atoms in total. The van der Waals surface area contributed by atoms with Gasteiger partial charge in [-0.3, -0.25) is 4.79 Å². The van der Waals surface area contributed by atoms with Crippen molar-refractivity contribution in [3.8, 4) is 0 Å². The smallest absolute Gasteiger partial charge is 0.237 e. The minimum atomic E-state index is -0.130. The zero-order valence-electron chi connectivity index (χ0n) is 12.6. The minimum Gasteiger partial charge on any atom is -0.352 e. The van der Waals surface area contributed by atoms with Crippen molar-refractivity contribution in [2.24, 2.45) is 0 Å². The van der Waals surface area contributed by atoms with Crippen LogP contribution in [0.3, 0.4) is 0 Å². The molecule has 1 aliphatic carbocycles. The molecule has 1 aliphatic rings. The SMILES string of the molecule is CC(Cc1ccccc1)NC(C)C(=O)NC1CCCC1. The number of rotatable bonds is 6. The number of carbonyl (C=O) groups excluding carboxylic acids is 1. The van der Waals surface area contributed by atoms with Gasteiger partial charge in [0, 0.05) is 12.1 Å². The summed E-state index contributed by atoms with van der Waals surface area (Å²) in [6.45, 7) is 4.08. The Morgan fingerprint density at radius 3 is 2.50 bits per heavy atom. The molecule has 1 aromatic carbocycles. The van der Waals surface area contributed by atoms with Crippen LogP contribution in [-0.2, 0) is 11.2 Å². The molecule has 0 saturated heterocycles. The van der Waals surface area contributed by atoms with E-state index in [1.54, 1.807) is 0 Å². The van der Waals surface area contributed by atoms with E-state index in [0.717, 1.165) is 19.3 Å². The summed E-state index contributed by atoms with van der Waals surface area (Å²) in [6, 6.07) is 10.9. The highest BCUT2D eigenvalue weighted by atomic mass is 16.2. The number of benzene rings is 1. The average Bonchev–Trinajstić information content (AvgIpc) is 2.92. The third-order valence-electron chi connectivity index (χ3n) is 4.01. The summed E-state index contributed by atoms with van der Waals surface area (Å²) in [5.74, 6) is 0.136. The standard InChI is InChI=1S/C17H26N2O/c1-13(12-15-8-4-3-5-9-15)18-14(2)17(20)19-16-10-6-7-11-16/h3-5,8-9,13-14,16,18H,6-7,10-12H2,1-2H3,(H,19,20). The van der Waals surface area contributed by atoms with Gasteiger partial charge in [-0.15, -0.1) is 0 Å². The first-order valence-electron chi connectivity index (χ1n) is 7.75. The molecule has 1 amide bonds. The maximum atomic E-state index is 12.1. The highest BCUT2D eigenvalue weighted by Crippen LogP contribution is 2.17. The molecular formula is C17H26N2O. The van der Waals surface area contributed by atoms with E-state index in [9.17, 15) is 4.79 Å². The van der Waals surface area contributed by atoms with Gasteiger partial charge in [-0.05, 0) is 38.7 Å². The third kappa shape index (κ3) is 4.64. The molecule has 2 unspecified atom stereocenters. The lowest BCUT2D eigenvalue weighted by Gasteiger charge is -2.21. The van der Waals surface area contributed by atoms with Gasteiger partial charge in [0.25, 0.3) is 0 Å². The highest BCUT2D eigenvalue weighted by Gasteiger charge is 2.21. The second-order valence-corrected chi connectivity index (χ2v) is 5.97. The summed E-state index contributed by atoms with van der Waals surface area (Å²) in [5.41, 5.74) is 1.30. The van der Waals surface area contributed by atoms with Crippen LogP contribution in [0.15, 0.2) is 30.3 Å². The Balaban J connectivity index is 1.75. The zero-order chi connectivity index (χ0) is 14.4. The van der Waals surface area contributed by atoms with Crippen molar-refractivity contribution in [3.05, 3.63) is 35.9 Å². The Morgan fingerprint density at radius 2 is 1.85 bits per heavy atom. The topological polar surface area (TPSA) is 41.1 Å². The molecule has 1 saturated carbocycles. The van der Waals surface area contributed by atoms with Gasteiger partial charge < -0.3 is 10.6 Å². The van der Waals surface area contributed by atoms with Crippen LogP contribution in [-0.4, -0.2) is 24.0 Å². The molecule has 0 bridgehead atoms. The van der Waals surface area contributed by atoms with Crippen molar-refractivity contribution >= 4 is 5.91 Å². The van der Waals surface area contributed by atoms with Crippen LogP contribution < -0.4 is 10.6 Å². The molecule has 0 spiro atoms. The number of nitrogens with one attached hydrogen (secondary N) is 2. The lowest BCUT2D eigenvalue weighted by atomic mass is 10.1. The molecular weight excluding hydrogens is 248 g/mol. The van der Waals surface area contributed by atoms with E-state index < -0.39 is 0 Å². The fourth-order valence-corrected chi connectivity index (χ4v) is 2.93. The van der Waals surface area contributed by atoms with E-state index in [4.69, 9.17) is 0 Å². The van der Waals surface area contributed by atoms with Gasteiger partial charge in [0.2, 0.25) is 5.91 Å².